The van der Waals surface area contributed by atoms with Crippen LogP contribution in [0.25, 0.3) is 10.9 Å². The van der Waals surface area contributed by atoms with Crippen LogP contribution in [-0.2, 0) is 4.79 Å². The molecule has 5 heteroatoms. The predicted molar refractivity (Wildman–Crippen MR) is 107 cm³/mol. The van der Waals surface area contributed by atoms with Crippen LogP contribution >= 0.6 is 0 Å². The lowest BCUT2D eigenvalue weighted by atomic mass is 10.0. The highest BCUT2D eigenvalue weighted by molar-refractivity contribution is 5.92. The molecule has 0 saturated carbocycles. The number of carbonyl (C=O) groups is 1. The molecule has 2 aromatic carbocycles. The number of hydrogen-bond donors (Lipinski definition) is 1. The number of fused-ring (bicyclic) bond motifs is 1. The molecular formula is C22H23N3O2. The Balaban J connectivity index is 1.58. The monoisotopic (exact) mass is 361 g/mol. The zero-order chi connectivity index (χ0) is 18.6. The number of aromatic nitrogens is 1. The number of amides is 1. The van der Waals surface area contributed by atoms with Crippen molar-refractivity contribution in [2.45, 2.75) is 25.8 Å². The quantitative estimate of drug-likeness (QED) is 0.759. The Morgan fingerprint density at radius 1 is 1.07 bits per heavy atom. The third kappa shape index (κ3) is 4.03. The number of piperidine rings is 1. The summed E-state index contributed by atoms with van der Waals surface area (Å²) < 4.78 is 6.00. The summed E-state index contributed by atoms with van der Waals surface area (Å²) in [7, 11) is 0. The summed E-state index contributed by atoms with van der Waals surface area (Å²) >= 11 is 0. The van der Waals surface area contributed by atoms with Crippen LogP contribution in [-0.4, -0.2) is 30.0 Å². The second-order valence-corrected chi connectivity index (χ2v) is 6.89. The Kier molecular flexibility index (Phi) is 4.92. The van der Waals surface area contributed by atoms with Gasteiger partial charge in [-0.15, -0.1) is 0 Å². The van der Waals surface area contributed by atoms with E-state index in [0.717, 1.165) is 48.3 Å². The maximum atomic E-state index is 11.3. The first-order chi connectivity index (χ1) is 13.2. The Bertz CT molecular complexity index is 935. The zero-order valence-electron chi connectivity index (χ0n) is 15.4. The molecule has 1 fully saturated rings. The SMILES string of the molecule is CC(=O)NC1CCN(c2ccnc3ccc(Oc4ccccc4)cc23)CC1. The van der Waals surface area contributed by atoms with Gasteiger partial charge in [-0.25, -0.2) is 0 Å². The average molecular weight is 361 g/mol. The lowest BCUT2D eigenvalue weighted by Gasteiger charge is -2.34. The van der Waals surface area contributed by atoms with Crippen molar-refractivity contribution in [1.29, 1.82) is 0 Å². The van der Waals surface area contributed by atoms with Crippen LogP contribution in [0.2, 0.25) is 0 Å². The third-order valence-corrected chi connectivity index (χ3v) is 4.91. The summed E-state index contributed by atoms with van der Waals surface area (Å²) in [6.07, 6.45) is 3.75. The van der Waals surface area contributed by atoms with E-state index >= 15 is 0 Å². The molecule has 0 atom stereocenters. The van der Waals surface area contributed by atoms with Crippen LogP contribution in [0.3, 0.4) is 0 Å². The van der Waals surface area contributed by atoms with Crippen LogP contribution in [0.1, 0.15) is 19.8 Å². The molecule has 1 aliphatic rings. The van der Waals surface area contributed by atoms with Crippen LogP contribution in [0.4, 0.5) is 5.69 Å². The Morgan fingerprint density at radius 3 is 2.59 bits per heavy atom. The number of ether oxygens (including phenoxy) is 1. The van der Waals surface area contributed by atoms with Crippen molar-refractivity contribution in [1.82, 2.24) is 10.3 Å². The van der Waals surface area contributed by atoms with Crippen LogP contribution in [0.5, 0.6) is 11.5 Å². The summed E-state index contributed by atoms with van der Waals surface area (Å²) in [4.78, 5) is 18.1. The smallest absolute Gasteiger partial charge is 0.217 e. The van der Waals surface area contributed by atoms with Crippen molar-refractivity contribution in [2.75, 3.05) is 18.0 Å². The summed E-state index contributed by atoms with van der Waals surface area (Å²) in [6, 6.07) is 18.1. The summed E-state index contributed by atoms with van der Waals surface area (Å²) in [5.74, 6) is 1.67. The molecule has 0 spiro atoms. The van der Waals surface area contributed by atoms with Gasteiger partial charge >= 0.3 is 0 Å². The van der Waals surface area contributed by atoms with Gasteiger partial charge in [-0.05, 0) is 49.2 Å². The number of pyridine rings is 1. The molecule has 0 bridgehead atoms. The maximum Gasteiger partial charge on any atom is 0.217 e. The largest absolute Gasteiger partial charge is 0.457 e. The minimum atomic E-state index is 0.0468. The van der Waals surface area contributed by atoms with Crippen LogP contribution < -0.4 is 15.0 Å². The fraction of sp³-hybridized carbons (Fsp3) is 0.273. The van der Waals surface area contributed by atoms with Crippen molar-refractivity contribution in [3.8, 4) is 11.5 Å². The van der Waals surface area contributed by atoms with E-state index in [1.807, 2.05) is 48.7 Å². The van der Waals surface area contributed by atoms with E-state index in [9.17, 15) is 4.79 Å². The molecule has 138 valence electrons. The third-order valence-electron chi connectivity index (χ3n) is 4.91. The fourth-order valence-corrected chi connectivity index (χ4v) is 3.63. The summed E-state index contributed by atoms with van der Waals surface area (Å²) in [6.45, 7) is 3.40. The van der Waals surface area contributed by atoms with E-state index < -0.39 is 0 Å². The van der Waals surface area contributed by atoms with Gasteiger partial charge in [-0.1, -0.05) is 18.2 Å². The first kappa shape index (κ1) is 17.3. The number of hydrogen-bond acceptors (Lipinski definition) is 4. The second kappa shape index (κ2) is 7.66. The summed E-state index contributed by atoms with van der Waals surface area (Å²) in [5, 5.41) is 4.12. The topological polar surface area (TPSA) is 54.5 Å². The van der Waals surface area contributed by atoms with Gasteiger partial charge < -0.3 is 15.0 Å². The van der Waals surface area contributed by atoms with Gasteiger partial charge in [-0.3, -0.25) is 9.78 Å². The van der Waals surface area contributed by atoms with Crippen molar-refractivity contribution in [3.63, 3.8) is 0 Å². The Hall–Kier alpha value is -3.08. The standard InChI is InChI=1S/C22H23N3O2/c1-16(26)24-17-10-13-25(14-11-17)22-9-12-23-21-8-7-19(15-20(21)22)27-18-5-3-2-4-6-18/h2-9,12,15,17H,10-11,13-14H2,1H3,(H,24,26). The van der Waals surface area contributed by atoms with Gasteiger partial charge in [0, 0.05) is 43.3 Å². The summed E-state index contributed by atoms with van der Waals surface area (Å²) in [5.41, 5.74) is 2.12. The number of nitrogens with one attached hydrogen (secondary N) is 1. The maximum absolute atomic E-state index is 11.3. The van der Waals surface area contributed by atoms with Crippen LogP contribution in [0.15, 0.2) is 60.8 Å². The minimum absolute atomic E-state index is 0.0468. The molecule has 0 unspecified atom stereocenters. The molecule has 1 amide bonds. The number of para-hydroxylation sites is 1. The first-order valence-corrected chi connectivity index (χ1v) is 9.33. The predicted octanol–water partition coefficient (Wildman–Crippen LogP) is 4.13. The highest BCUT2D eigenvalue weighted by atomic mass is 16.5. The normalized spacial score (nSPS) is 14.9. The number of nitrogens with zero attached hydrogens (tertiary/aromatic N) is 2. The average Bonchev–Trinajstić information content (AvgIpc) is 2.68. The number of benzene rings is 2. The number of rotatable bonds is 4. The van der Waals surface area contributed by atoms with Gasteiger partial charge in [0.25, 0.3) is 0 Å². The Morgan fingerprint density at radius 2 is 1.85 bits per heavy atom. The minimum Gasteiger partial charge on any atom is -0.457 e. The first-order valence-electron chi connectivity index (χ1n) is 9.33. The molecule has 1 aromatic heterocycles. The van der Waals surface area contributed by atoms with Gasteiger partial charge in [0.15, 0.2) is 0 Å². The number of anilines is 1. The van der Waals surface area contributed by atoms with E-state index in [1.165, 1.54) is 5.69 Å². The molecule has 4 rings (SSSR count). The van der Waals surface area contributed by atoms with E-state index in [4.69, 9.17) is 4.74 Å². The van der Waals surface area contributed by atoms with Crippen molar-refractivity contribution in [3.05, 3.63) is 60.8 Å². The molecule has 1 N–H and O–H groups in total. The molecule has 1 aliphatic heterocycles. The molecule has 1 saturated heterocycles. The molecule has 0 radical (unpaired) electrons. The van der Waals surface area contributed by atoms with Crippen LogP contribution in [0, 0.1) is 0 Å². The molecule has 2 heterocycles. The van der Waals surface area contributed by atoms with Crippen molar-refractivity contribution >= 4 is 22.5 Å². The van der Waals surface area contributed by atoms with E-state index in [1.54, 1.807) is 6.92 Å². The highest BCUT2D eigenvalue weighted by Gasteiger charge is 2.21. The molecule has 3 aromatic rings. The van der Waals surface area contributed by atoms with Gasteiger partial charge in [-0.2, -0.15) is 0 Å². The Labute approximate surface area is 159 Å². The van der Waals surface area contributed by atoms with Gasteiger partial charge in [0.05, 0.1) is 5.52 Å². The molecule has 0 aliphatic carbocycles. The van der Waals surface area contributed by atoms with E-state index in [2.05, 4.69) is 27.3 Å². The van der Waals surface area contributed by atoms with Gasteiger partial charge in [0.1, 0.15) is 11.5 Å². The van der Waals surface area contributed by atoms with E-state index in [0.29, 0.717) is 0 Å². The van der Waals surface area contributed by atoms with Gasteiger partial charge in [0.2, 0.25) is 5.91 Å². The zero-order valence-corrected chi connectivity index (χ0v) is 15.4. The molecular weight excluding hydrogens is 338 g/mol. The van der Waals surface area contributed by atoms with Crippen molar-refractivity contribution in [2.24, 2.45) is 0 Å². The number of carbonyl (C=O) groups excluding carboxylic acids is 1. The van der Waals surface area contributed by atoms with Crippen molar-refractivity contribution < 1.29 is 9.53 Å². The second-order valence-electron chi connectivity index (χ2n) is 6.89. The highest BCUT2D eigenvalue weighted by Crippen LogP contribution is 2.32. The molecule has 5 nitrogen and oxygen atoms in total. The van der Waals surface area contributed by atoms with E-state index in [-0.39, 0.29) is 11.9 Å². The lowest BCUT2D eigenvalue weighted by Crippen LogP contribution is -2.44. The molecule has 27 heavy (non-hydrogen) atoms. The fourth-order valence-electron chi connectivity index (χ4n) is 3.63. The lowest BCUT2D eigenvalue weighted by molar-refractivity contribution is -0.119.